The number of allylic oxidation sites excluding steroid dienone is 10. The lowest BCUT2D eigenvalue weighted by Gasteiger charge is -2.39. The third-order valence-corrected chi connectivity index (χ3v) is 11.2. The second-order valence-corrected chi connectivity index (χ2v) is 16.9. The summed E-state index contributed by atoms with van der Waals surface area (Å²) < 4.78 is 22.9. The zero-order valence-electron chi connectivity index (χ0n) is 38.9. The number of carbonyl (C=O) groups excluding carboxylic acids is 1. The largest absolute Gasteiger partial charge is 0.457 e. The van der Waals surface area contributed by atoms with Gasteiger partial charge in [0, 0.05) is 13.0 Å². The topological polar surface area (TPSA) is 135 Å². The monoisotopic (exact) mass is 861 g/mol. The minimum absolute atomic E-state index is 0.121. The second kappa shape index (κ2) is 43.2. The van der Waals surface area contributed by atoms with Crippen molar-refractivity contribution in [3.63, 3.8) is 0 Å². The highest BCUT2D eigenvalue weighted by molar-refractivity contribution is 5.69. The van der Waals surface area contributed by atoms with E-state index < -0.39 is 43.4 Å². The molecule has 9 nitrogen and oxygen atoms in total. The van der Waals surface area contributed by atoms with Crippen molar-refractivity contribution in [3.8, 4) is 0 Å². The number of rotatable bonds is 42. The van der Waals surface area contributed by atoms with Gasteiger partial charge in [0.15, 0.2) is 6.29 Å². The van der Waals surface area contributed by atoms with Crippen LogP contribution in [0, 0.1) is 0 Å². The maximum absolute atomic E-state index is 12.8. The van der Waals surface area contributed by atoms with Gasteiger partial charge in [0.05, 0.1) is 19.8 Å². The van der Waals surface area contributed by atoms with E-state index in [1.54, 1.807) is 0 Å². The van der Waals surface area contributed by atoms with Crippen LogP contribution >= 0.6 is 0 Å². The molecule has 1 fully saturated rings. The Labute approximate surface area is 373 Å². The minimum atomic E-state index is -1.54. The smallest absolute Gasteiger partial charge is 0.306 e. The summed E-state index contributed by atoms with van der Waals surface area (Å²) in [6, 6.07) is 0. The number of hydrogen-bond donors (Lipinski definition) is 4. The summed E-state index contributed by atoms with van der Waals surface area (Å²) >= 11 is 0. The van der Waals surface area contributed by atoms with Gasteiger partial charge in [-0.1, -0.05) is 177 Å². The Hall–Kier alpha value is -2.11. The first kappa shape index (κ1) is 56.9. The Balaban J connectivity index is 2.23. The molecular weight excluding hydrogens is 769 g/mol. The van der Waals surface area contributed by atoms with E-state index in [0.717, 1.165) is 70.6 Å². The Morgan fingerprint density at radius 1 is 0.541 bits per heavy atom. The normalized spacial score (nSPS) is 20.4. The van der Waals surface area contributed by atoms with Gasteiger partial charge in [-0.25, -0.2) is 0 Å². The van der Waals surface area contributed by atoms with Gasteiger partial charge in [-0.15, -0.1) is 0 Å². The van der Waals surface area contributed by atoms with Crippen LogP contribution in [0.3, 0.4) is 0 Å². The van der Waals surface area contributed by atoms with E-state index in [4.69, 9.17) is 18.9 Å². The highest BCUT2D eigenvalue weighted by atomic mass is 16.7. The molecule has 0 saturated carbocycles. The van der Waals surface area contributed by atoms with E-state index in [1.165, 1.54) is 109 Å². The lowest BCUT2D eigenvalue weighted by atomic mass is 9.99. The van der Waals surface area contributed by atoms with Crippen LogP contribution in [0.2, 0.25) is 0 Å². The maximum atomic E-state index is 12.8. The zero-order valence-corrected chi connectivity index (χ0v) is 38.9. The lowest BCUT2D eigenvalue weighted by molar-refractivity contribution is -0.305. The molecule has 0 aromatic rings. The van der Waals surface area contributed by atoms with E-state index in [2.05, 4.69) is 74.6 Å². The van der Waals surface area contributed by atoms with Gasteiger partial charge in [-0.3, -0.25) is 4.79 Å². The number of esters is 1. The highest BCUT2D eigenvalue weighted by Crippen LogP contribution is 2.22. The first-order valence-corrected chi connectivity index (χ1v) is 24.9. The molecule has 1 saturated heterocycles. The molecule has 0 aromatic carbocycles. The minimum Gasteiger partial charge on any atom is -0.457 e. The standard InChI is InChI=1S/C52H92O9/c1-3-5-7-9-11-13-15-17-19-21-22-23-24-25-27-29-31-33-35-37-39-41-48(54)60-46(45-59-52-51(57)50(56)49(55)47(43-53)61-52)44-58-42-40-38-36-34-32-30-28-26-20-18-16-14-12-10-8-6-4-2/h5,7,11,13,17,19-20,22-23,26,46-47,49-53,55-57H,3-4,6,8-10,12,14-16,18,21,24-25,27-45H2,1-2H3/b7-5-,13-11-,19-17-,23-22-,26-20-. The van der Waals surface area contributed by atoms with Gasteiger partial charge >= 0.3 is 5.97 Å². The molecule has 0 amide bonds. The summed E-state index contributed by atoms with van der Waals surface area (Å²) in [7, 11) is 0. The van der Waals surface area contributed by atoms with Crippen molar-refractivity contribution in [2.75, 3.05) is 26.4 Å². The first-order chi connectivity index (χ1) is 29.9. The number of ether oxygens (including phenoxy) is 4. The van der Waals surface area contributed by atoms with Crippen molar-refractivity contribution >= 4 is 5.97 Å². The van der Waals surface area contributed by atoms with Crippen LogP contribution in [0.5, 0.6) is 0 Å². The quantitative estimate of drug-likeness (QED) is 0.0269. The van der Waals surface area contributed by atoms with Crippen LogP contribution in [0.1, 0.15) is 200 Å². The SMILES string of the molecule is CC/C=C\C/C=C\C/C=C\C/C=C\CCCCCCCCCCC(=O)OC(COCCCCCCCC/C=C\CCCCCCCCC)COC1OC(CO)C(O)C(O)C1O. The Morgan fingerprint density at radius 2 is 1.00 bits per heavy atom. The molecule has 1 aliphatic heterocycles. The van der Waals surface area contributed by atoms with E-state index in [-0.39, 0.29) is 19.2 Å². The molecule has 1 aliphatic rings. The van der Waals surface area contributed by atoms with Crippen molar-refractivity contribution < 1.29 is 44.2 Å². The van der Waals surface area contributed by atoms with Gasteiger partial charge in [-0.2, -0.15) is 0 Å². The van der Waals surface area contributed by atoms with Crippen LogP contribution in [-0.2, 0) is 23.7 Å². The van der Waals surface area contributed by atoms with Gasteiger partial charge in [-0.05, 0) is 77.0 Å². The number of unbranched alkanes of at least 4 members (excludes halogenated alkanes) is 21. The summed E-state index contributed by atoms with van der Waals surface area (Å²) in [5, 5.41) is 40.2. The van der Waals surface area contributed by atoms with Crippen LogP contribution in [0.25, 0.3) is 0 Å². The molecule has 1 heterocycles. The third kappa shape index (κ3) is 34.0. The van der Waals surface area contributed by atoms with Crippen LogP contribution in [0.15, 0.2) is 60.8 Å². The fourth-order valence-corrected chi connectivity index (χ4v) is 7.30. The molecule has 0 radical (unpaired) electrons. The molecular formula is C52H92O9. The fraction of sp³-hybridized carbons (Fsp3) is 0.788. The summed E-state index contributed by atoms with van der Waals surface area (Å²) in [5.41, 5.74) is 0. The van der Waals surface area contributed by atoms with Crippen molar-refractivity contribution in [3.05, 3.63) is 60.8 Å². The highest BCUT2D eigenvalue weighted by Gasteiger charge is 2.44. The van der Waals surface area contributed by atoms with Crippen molar-refractivity contribution in [2.24, 2.45) is 0 Å². The Bertz CT molecular complexity index is 1120. The molecule has 6 atom stereocenters. The summed E-state index contributed by atoms with van der Waals surface area (Å²) in [6.07, 6.45) is 48.2. The number of aliphatic hydroxyl groups excluding tert-OH is 4. The molecule has 0 bridgehead atoms. The van der Waals surface area contributed by atoms with E-state index >= 15 is 0 Å². The average Bonchev–Trinajstić information content (AvgIpc) is 3.26. The molecule has 0 aliphatic carbocycles. The number of carbonyl (C=O) groups is 1. The predicted molar refractivity (Wildman–Crippen MR) is 251 cm³/mol. The predicted octanol–water partition coefficient (Wildman–Crippen LogP) is 11.9. The van der Waals surface area contributed by atoms with E-state index in [9.17, 15) is 25.2 Å². The summed E-state index contributed by atoms with van der Waals surface area (Å²) in [4.78, 5) is 12.8. The second-order valence-electron chi connectivity index (χ2n) is 16.9. The molecule has 1 rings (SSSR count). The molecule has 0 spiro atoms. The lowest BCUT2D eigenvalue weighted by Crippen LogP contribution is -2.59. The Morgan fingerprint density at radius 3 is 1.52 bits per heavy atom. The van der Waals surface area contributed by atoms with Gasteiger partial charge < -0.3 is 39.4 Å². The maximum Gasteiger partial charge on any atom is 0.306 e. The molecule has 6 unspecified atom stereocenters. The van der Waals surface area contributed by atoms with Gasteiger partial charge in [0.2, 0.25) is 0 Å². The van der Waals surface area contributed by atoms with Crippen LogP contribution < -0.4 is 0 Å². The van der Waals surface area contributed by atoms with E-state index in [1.807, 2.05) is 0 Å². The van der Waals surface area contributed by atoms with Crippen molar-refractivity contribution in [1.29, 1.82) is 0 Å². The third-order valence-electron chi connectivity index (χ3n) is 11.2. The molecule has 0 aromatic heterocycles. The molecule has 4 N–H and O–H groups in total. The van der Waals surface area contributed by atoms with Crippen LogP contribution in [-0.4, -0.2) is 89.6 Å². The zero-order chi connectivity index (χ0) is 44.3. The van der Waals surface area contributed by atoms with Crippen molar-refractivity contribution in [2.45, 2.75) is 237 Å². The first-order valence-electron chi connectivity index (χ1n) is 24.9. The Kier molecular flexibility index (Phi) is 40.3. The molecule has 9 heteroatoms. The summed E-state index contributed by atoms with van der Waals surface area (Å²) in [6.45, 7) is 4.43. The van der Waals surface area contributed by atoms with E-state index in [0.29, 0.717) is 13.0 Å². The molecule has 61 heavy (non-hydrogen) atoms. The van der Waals surface area contributed by atoms with Gasteiger partial charge in [0.1, 0.15) is 30.5 Å². The number of hydrogen-bond acceptors (Lipinski definition) is 9. The number of aliphatic hydroxyl groups is 4. The van der Waals surface area contributed by atoms with Gasteiger partial charge in [0.25, 0.3) is 0 Å². The average molecular weight is 861 g/mol. The van der Waals surface area contributed by atoms with Crippen molar-refractivity contribution in [1.82, 2.24) is 0 Å². The fourth-order valence-electron chi connectivity index (χ4n) is 7.30. The van der Waals surface area contributed by atoms with Crippen LogP contribution in [0.4, 0.5) is 0 Å². The molecule has 354 valence electrons. The summed E-state index contributed by atoms with van der Waals surface area (Å²) in [5.74, 6) is -0.325.